The average Bonchev–Trinajstić information content (AvgIpc) is 1.96. The van der Waals surface area contributed by atoms with E-state index >= 15 is 0 Å². The van der Waals surface area contributed by atoms with E-state index < -0.39 is 0 Å². The van der Waals surface area contributed by atoms with Crippen molar-refractivity contribution >= 4 is 12.1 Å². The van der Waals surface area contributed by atoms with Crippen LogP contribution in [0.5, 0.6) is 0 Å². The fourth-order valence-corrected chi connectivity index (χ4v) is 0.888. The number of hydrogen-bond acceptors (Lipinski definition) is 2. The van der Waals surface area contributed by atoms with Crippen molar-refractivity contribution in [3.63, 3.8) is 0 Å². The Hall–Kier alpha value is -0.660. The fraction of sp³-hybridized carbons (Fsp3) is 0.800. The minimum Gasteiger partial charge on any atom is -0.303 e. The Morgan fingerprint density at radius 1 is 1.25 bits per heavy atom. The van der Waals surface area contributed by atoms with Gasteiger partial charge in [0.1, 0.15) is 12.1 Å². The summed E-state index contributed by atoms with van der Waals surface area (Å²) in [4.78, 5) is 21.3. The average molecular weight is 170 g/mol. The molecule has 0 aromatic carbocycles. The highest BCUT2D eigenvalue weighted by Gasteiger charge is 2.19. The molecule has 2 heteroatoms. The fourth-order valence-electron chi connectivity index (χ4n) is 0.888. The predicted octanol–water partition coefficient (Wildman–Crippen LogP) is 2.36. The van der Waals surface area contributed by atoms with Gasteiger partial charge in [-0.15, -0.1) is 0 Å². The van der Waals surface area contributed by atoms with Gasteiger partial charge >= 0.3 is 0 Å². The van der Waals surface area contributed by atoms with Gasteiger partial charge in [-0.25, -0.2) is 0 Å². The third kappa shape index (κ3) is 5.05. The summed E-state index contributed by atoms with van der Waals surface area (Å²) in [5.74, 6) is 0.286. The predicted molar refractivity (Wildman–Crippen MR) is 49.0 cm³/mol. The van der Waals surface area contributed by atoms with Crippen molar-refractivity contribution in [2.24, 2.45) is 5.41 Å². The van der Waals surface area contributed by atoms with Crippen LogP contribution >= 0.6 is 0 Å². The van der Waals surface area contributed by atoms with Crippen molar-refractivity contribution in [3.05, 3.63) is 0 Å². The van der Waals surface area contributed by atoms with Gasteiger partial charge in [0.05, 0.1) is 0 Å². The van der Waals surface area contributed by atoms with Gasteiger partial charge in [0.2, 0.25) is 0 Å². The number of carbonyl (C=O) groups excluding carboxylic acids is 2. The summed E-state index contributed by atoms with van der Waals surface area (Å²) in [6, 6.07) is 0. The van der Waals surface area contributed by atoms with Crippen molar-refractivity contribution in [2.75, 3.05) is 0 Å². The summed E-state index contributed by atoms with van der Waals surface area (Å²) >= 11 is 0. The van der Waals surface area contributed by atoms with Crippen LogP contribution in [0, 0.1) is 5.41 Å². The SMILES string of the molecule is CC(C)(C)C(=O)CCCCC=O. The molecule has 0 saturated carbocycles. The molecule has 0 aromatic rings. The second kappa shape index (κ2) is 5.07. The largest absolute Gasteiger partial charge is 0.303 e. The first kappa shape index (κ1) is 11.3. The lowest BCUT2D eigenvalue weighted by molar-refractivity contribution is -0.126. The highest BCUT2D eigenvalue weighted by atomic mass is 16.1. The molecule has 0 aliphatic heterocycles. The van der Waals surface area contributed by atoms with Crippen molar-refractivity contribution < 1.29 is 9.59 Å². The van der Waals surface area contributed by atoms with Gasteiger partial charge in [-0.2, -0.15) is 0 Å². The van der Waals surface area contributed by atoms with Crippen LogP contribution in [0.2, 0.25) is 0 Å². The van der Waals surface area contributed by atoms with Crippen molar-refractivity contribution in [3.8, 4) is 0 Å². The second-order valence-electron chi connectivity index (χ2n) is 4.09. The van der Waals surface area contributed by atoms with E-state index in [1.807, 2.05) is 20.8 Å². The highest BCUT2D eigenvalue weighted by Crippen LogP contribution is 2.18. The van der Waals surface area contributed by atoms with Crippen LogP contribution in [0.1, 0.15) is 46.5 Å². The van der Waals surface area contributed by atoms with E-state index in [1.165, 1.54) is 0 Å². The Bertz CT molecular complexity index is 154. The monoisotopic (exact) mass is 170 g/mol. The second-order valence-corrected chi connectivity index (χ2v) is 4.09. The maximum Gasteiger partial charge on any atom is 0.138 e. The summed E-state index contributed by atoms with van der Waals surface area (Å²) in [5.41, 5.74) is -0.221. The molecule has 0 heterocycles. The van der Waals surface area contributed by atoms with Crippen LogP contribution in [0.25, 0.3) is 0 Å². The molecule has 0 aliphatic rings. The molecule has 12 heavy (non-hydrogen) atoms. The molecule has 0 N–H and O–H groups in total. The summed E-state index contributed by atoms with van der Waals surface area (Å²) in [6.45, 7) is 5.78. The highest BCUT2D eigenvalue weighted by molar-refractivity contribution is 5.83. The van der Waals surface area contributed by atoms with E-state index in [-0.39, 0.29) is 11.2 Å². The van der Waals surface area contributed by atoms with Crippen LogP contribution in [-0.4, -0.2) is 12.1 Å². The third-order valence-corrected chi connectivity index (χ3v) is 1.81. The Labute approximate surface area is 74.3 Å². The van der Waals surface area contributed by atoms with Crippen LogP contribution in [0.3, 0.4) is 0 Å². The third-order valence-electron chi connectivity index (χ3n) is 1.81. The van der Waals surface area contributed by atoms with Crippen LogP contribution < -0.4 is 0 Å². The number of rotatable bonds is 5. The first-order valence-electron chi connectivity index (χ1n) is 4.45. The molecule has 0 atom stereocenters. The lowest BCUT2D eigenvalue weighted by Gasteiger charge is -2.15. The van der Waals surface area contributed by atoms with E-state index in [1.54, 1.807) is 0 Å². The summed E-state index contributed by atoms with van der Waals surface area (Å²) in [6.07, 6.45) is 3.77. The van der Waals surface area contributed by atoms with Crippen molar-refractivity contribution in [1.82, 2.24) is 0 Å². The Morgan fingerprint density at radius 2 is 1.83 bits per heavy atom. The van der Waals surface area contributed by atoms with E-state index in [0.29, 0.717) is 12.8 Å². The quantitative estimate of drug-likeness (QED) is 0.469. The van der Waals surface area contributed by atoms with Crippen LogP contribution in [0.15, 0.2) is 0 Å². The van der Waals surface area contributed by atoms with Gasteiger partial charge < -0.3 is 4.79 Å². The zero-order valence-electron chi connectivity index (χ0n) is 8.22. The number of carbonyl (C=O) groups is 2. The molecule has 2 nitrogen and oxygen atoms in total. The van der Waals surface area contributed by atoms with Gasteiger partial charge in [-0.3, -0.25) is 4.79 Å². The zero-order chi connectivity index (χ0) is 9.61. The lowest BCUT2D eigenvalue weighted by Crippen LogP contribution is -2.19. The molecule has 0 unspecified atom stereocenters. The first-order chi connectivity index (χ1) is 5.48. The first-order valence-corrected chi connectivity index (χ1v) is 4.45. The Balaban J connectivity index is 3.51. The molecular formula is C10H18O2. The summed E-state index contributed by atoms with van der Waals surface area (Å²) in [5, 5.41) is 0. The zero-order valence-corrected chi connectivity index (χ0v) is 8.22. The molecule has 0 amide bonds. The number of ketones is 1. The summed E-state index contributed by atoms with van der Waals surface area (Å²) < 4.78 is 0. The minimum atomic E-state index is -0.221. The van der Waals surface area contributed by atoms with Crippen molar-refractivity contribution in [1.29, 1.82) is 0 Å². The standard InChI is InChI=1S/C10H18O2/c1-10(2,3)9(12)7-5-4-6-8-11/h8H,4-7H2,1-3H3. The van der Waals surface area contributed by atoms with Gasteiger partial charge in [0.15, 0.2) is 0 Å². The number of hydrogen-bond donors (Lipinski definition) is 0. The van der Waals surface area contributed by atoms with E-state index in [4.69, 9.17) is 0 Å². The molecule has 0 spiro atoms. The van der Waals surface area contributed by atoms with Gasteiger partial charge in [-0.05, 0) is 12.8 Å². The molecule has 0 fully saturated rings. The molecule has 0 rings (SSSR count). The molecule has 0 saturated heterocycles. The normalized spacial score (nSPS) is 11.2. The Kier molecular flexibility index (Phi) is 4.79. The van der Waals surface area contributed by atoms with E-state index in [9.17, 15) is 9.59 Å². The maximum absolute atomic E-state index is 11.3. The molecular weight excluding hydrogens is 152 g/mol. The van der Waals surface area contributed by atoms with E-state index in [0.717, 1.165) is 19.1 Å². The number of aldehydes is 1. The summed E-state index contributed by atoms with van der Waals surface area (Å²) in [7, 11) is 0. The lowest BCUT2D eigenvalue weighted by atomic mass is 9.88. The van der Waals surface area contributed by atoms with Crippen LogP contribution in [0.4, 0.5) is 0 Å². The molecule has 0 radical (unpaired) electrons. The molecule has 0 aliphatic carbocycles. The van der Waals surface area contributed by atoms with E-state index in [2.05, 4.69) is 0 Å². The van der Waals surface area contributed by atoms with Gasteiger partial charge in [-0.1, -0.05) is 20.8 Å². The van der Waals surface area contributed by atoms with Gasteiger partial charge in [0, 0.05) is 18.3 Å². The minimum absolute atomic E-state index is 0.221. The number of Topliss-reactive ketones (excluding diaryl/α,β-unsaturated/α-hetero) is 1. The van der Waals surface area contributed by atoms with Crippen molar-refractivity contribution in [2.45, 2.75) is 46.5 Å². The molecule has 0 aromatic heterocycles. The van der Waals surface area contributed by atoms with Gasteiger partial charge in [0.25, 0.3) is 0 Å². The Morgan fingerprint density at radius 3 is 2.25 bits per heavy atom. The van der Waals surface area contributed by atoms with Crippen LogP contribution in [-0.2, 0) is 9.59 Å². The smallest absolute Gasteiger partial charge is 0.138 e. The topological polar surface area (TPSA) is 34.1 Å². The molecule has 0 bridgehead atoms. The molecule has 70 valence electrons. The maximum atomic E-state index is 11.3. The number of unbranched alkanes of at least 4 members (excludes halogenated alkanes) is 2.